The minimum atomic E-state index is -0.805. The van der Waals surface area contributed by atoms with Gasteiger partial charge in [-0.15, -0.1) is 0 Å². The monoisotopic (exact) mass is 339 g/mol. The molecule has 6 nitrogen and oxygen atoms in total. The third-order valence-corrected chi connectivity index (χ3v) is 4.07. The molecule has 1 heterocycles. The maximum Gasteiger partial charge on any atom is 0.293 e. The van der Waals surface area contributed by atoms with Crippen LogP contribution in [0.25, 0.3) is 5.76 Å². The summed E-state index contributed by atoms with van der Waals surface area (Å²) in [6.45, 7) is 0. The molecule has 0 radical (unpaired) electrons. The van der Waals surface area contributed by atoms with Crippen molar-refractivity contribution < 1.29 is 24.2 Å². The molecule has 25 heavy (non-hydrogen) atoms. The van der Waals surface area contributed by atoms with Crippen LogP contribution in [0, 0.1) is 0 Å². The Morgan fingerprint density at radius 2 is 1.76 bits per heavy atom. The Morgan fingerprint density at radius 1 is 1.04 bits per heavy atom. The van der Waals surface area contributed by atoms with Crippen molar-refractivity contribution in [1.82, 2.24) is 5.32 Å². The number of ether oxygens (including phenoxy) is 2. The van der Waals surface area contributed by atoms with E-state index in [1.807, 2.05) is 0 Å². The lowest BCUT2D eigenvalue weighted by atomic mass is 9.95. The van der Waals surface area contributed by atoms with E-state index < -0.39 is 17.7 Å². The Kier molecular flexibility index (Phi) is 4.43. The Labute approximate surface area is 144 Å². The van der Waals surface area contributed by atoms with Crippen molar-refractivity contribution in [3.05, 3.63) is 65.2 Å². The lowest BCUT2D eigenvalue weighted by Crippen LogP contribution is -2.21. The van der Waals surface area contributed by atoms with E-state index in [4.69, 9.17) is 9.47 Å². The van der Waals surface area contributed by atoms with Crippen LogP contribution in [0.2, 0.25) is 0 Å². The molecule has 2 aromatic rings. The van der Waals surface area contributed by atoms with Crippen molar-refractivity contribution in [2.75, 3.05) is 14.2 Å². The molecule has 0 spiro atoms. The molecule has 0 saturated carbocycles. The average molecular weight is 339 g/mol. The van der Waals surface area contributed by atoms with Crippen LogP contribution in [0.3, 0.4) is 0 Å². The number of ketones is 1. The standard InChI is InChI=1S/C19H17NO5/c1-24-12-8-9-13(14(10-12)25-2)16-15(18(22)19(23)20-16)17(21)11-6-4-3-5-7-11/h3-10,16,21H,1-2H3,(H,20,23)/b17-15-. The largest absolute Gasteiger partial charge is 0.507 e. The van der Waals surface area contributed by atoms with Crippen molar-refractivity contribution >= 4 is 17.4 Å². The van der Waals surface area contributed by atoms with Gasteiger partial charge in [0.25, 0.3) is 11.7 Å². The zero-order chi connectivity index (χ0) is 18.0. The summed E-state index contributed by atoms with van der Waals surface area (Å²) in [6.07, 6.45) is 0. The molecule has 2 aromatic carbocycles. The van der Waals surface area contributed by atoms with E-state index in [0.29, 0.717) is 22.6 Å². The highest BCUT2D eigenvalue weighted by atomic mass is 16.5. The van der Waals surface area contributed by atoms with Crippen molar-refractivity contribution in [3.63, 3.8) is 0 Å². The van der Waals surface area contributed by atoms with Crippen molar-refractivity contribution in [2.45, 2.75) is 6.04 Å². The van der Waals surface area contributed by atoms with Crippen LogP contribution in [0.15, 0.2) is 54.1 Å². The fourth-order valence-electron chi connectivity index (χ4n) is 2.81. The molecule has 3 rings (SSSR count). The summed E-state index contributed by atoms with van der Waals surface area (Å²) in [7, 11) is 3.01. The predicted molar refractivity (Wildman–Crippen MR) is 91.4 cm³/mol. The number of carbonyl (C=O) groups is 2. The fourth-order valence-corrected chi connectivity index (χ4v) is 2.81. The highest BCUT2D eigenvalue weighted by Gasteiger charge is 2.40. The normalized spacial score (nSPS) is 18.7. The van der Waals surface area contributed by atoms with Gasteiger partial charge in [0.15, 0.2) is 0 Å². The number of hydrogen-bond donors (Lipinski definition) is 2. The number of aliphatic hydroxyl groups excluding tert-OH is 1. The third-order valence-electron chi connectivity index (χ3n) is 4.07. The topological polar surface area (TPSA) is 84.9 Å². The molecule has 0 bridgehead atoms. The number of nitrogens with one attached hydrogen (secondary N) is 1. The van der Waals surface area contributed by atoms with E-state index in [9.17, 15) is 14.7 Å². The van der Waals surface area contributed by atoms with E-state index in [1.165, 1.54) is 14.2 Å². The van der Waals surface area contributed by atoms with Gasteiger partial charge in [0.2, 0.25) is 0 Å². The molecule has 1 fully saturated rings. The van der Waals surface area contributed by atoms with Gasteiger partial charge in [-0.25, -0.2) is 0 Å². The van der Waals surface area contributed by atoms with Gasteiger partial charge in [-0.1, -0.05) is 30.3 Å². The van der Waals surface area contributed by atoms with Gasteiger partial charge in [-0.2, -0.15) is 0 Å². The summed E-state index contributed by atoms with van der Waals surface area (Å²) in [4.78, 5) is 24.3. The maximum atomic E-state index is 12.3. The van der Waals surface area contributed by atoms with Crippen LogP contribution in [0.5, 0.6) is 11.5 Å². The first kappa shape index (κ1) is 16.6. The van der Waals surface area contributed by atoms with Gasteiger partial charge in [0.05, 0.1) is 25.8 Å². The molecular formula is C19H17NO5. The Hall–Kier alpha value is -3.28. The van der Waals surface area contributed by atoms with Gasteiger partial charge in [-0.3, -0.25) is 9.59 Å². The molecule has 1 aliphatic rings. The van der Waals surface area contributed by atoms with E-state index in [1.54, 1.807) is 48.5 Å². The van der Waals surface area contributed by atoms with Crippen LogP contribution in [-0.2, 0) is 9.59 Å². The highest BCUT2D eigenvalue weighted by Crippen LogP contribution is 2.38. The minimum Gasteiger partial charge on any atom is -0.507 e. The van der Waals surface area contributed by atoms with E-state index in [2.05, 4.69) is 5.32 Å². The summed E-state index contributed by atoms with van der Waals surface area (Å²) in [5.41, 5.74) is 1.01. The second kappa shape index (κ2) is 6.68. The predicted octanol–water partition coefficient (Wildman–Crippen LogP) is 2.41. The number of rotatable bonds is 4. The van der Waals surface area contributed by atoms with Gasteiger partial charge in [0.1, 0.15) is 17.3 Å². The number of carbonyl (C=O) groups excluding carboxylic acids is 2. The Bertz CT molecular complexity index is 857. The highest BCUT2D eigenvalue weighted by molar-refractivity contribution is 6.46. The first-order valence-corrected chi connectivity index (χ1v) is 7.62. The maximum absolute atomic E-state index is 12.3. The number of Topliss-reactive ketones (excluding diaryl/α,β-unsaturated/α-hetero) is 1. The van der Waals surface area contributed by atoms with Crippen molar-refractivity contribution in [1.29, 1.82) is 0 Å². The number of hydrogen-bond acceptors (Lipinski definition) is 5. The van der Waals surface area contributed by atoms with Gasteiger partial charge >= 0.3 is 0 Å². The average Bonchev–Trinajstić information content (AvgIpc) is 2.95. The summed E-state index contributed by atoms with van der Waals surface area (Å²) >= 11 is 0. The molecule has 1 saturated heterocycles. The Balaban J connectivity index is 2.15. The summed E-state index contributed by atoms with van der Waals surface area (Å²) < 4.78 is 10.5. The van der Waals surface area contributed by atoms with Crippen LogP contribution >= 0.6 is 0 Å². The molecule has 128 valence electrons. The molecule has 1 amide bonds. The van der Waals surface area contributed by atoms with Crippen LogP contribution in [0.1, 0.15) is 17.2 Å². The van der Waals surface area contributed by atoms with E-state index >= 15 is 0 Å². The number of amides is 1. The van der Waals surface area contributed by atoms with Crippen molar-refractivity contribution in [3.8, 4) is 11.5 Å². The SMILES string of the molecule is COc1ccc(C2NC(=O)C(=O)/C2=C(\O)c2ccccc2)c(OC)c1. The molecule has 0 aliphatic carbocycles. The van der Waals surface area contributed by atoms with Crippen molar-refractivity contribution in [2.24, 2.45) is 0 Å². The first-order chi connectivity index (χ1) is 12.1. The molecule has 0 aromatic heterocycles. The molecule has 1 aliphatic heterocycles. The first-order valence-electron chi connectivity index (χ1n) is 7.62. The molecule has 1 atom stereocenters. The fraction of sp³-hybridized carbons (Fsp3) is 0.158. The molecular weight excluding hydrogens is 322 g/mol. The zero-order valence-corrected chi connectivity index (χ0v) is 13.8. The summed E-state index contributed by atoms with van der Waals surface area (Å²) in [6, 6.07) is 12.9. The lowest BCUT2D eigenvalue weighted by Gasteiger charge is -2.17. The number of benzene rings is 2. The summed E-state index contributed by atoms with van der Waals surface area (Å²) in [5.74, 6) is -0.733. The van der Waals surface area contributed by atoms with Crippen LogP contribution in [-0.4, -0.2) is 31.0 Å². The summed E-state index contributed by atoms with van der Waals surface area (Å²) in [5, 5.41) is 13.2. The second-order valence-corrected chi connectivity index (χ2v) is 5.47. The van der Waals surface area contributed by atoms with E-state index in [-0.39, 0.29) is 11.3 Å². The van der Waals surface area contributed by atoms with Crippen LogP contribution < -0.4 is 14.8 Å². The van der Waals surface area contributed by atoms with Gasteiger partial charge in [0, 0.05) is 17.2 Å². The van der Waals surface area contributed by atoms with E-state index in [0.717, 1.165) is 0 Å². The number of aliphatic hydroxyl groups is 1. The lowest BCUT2D eigenvalue weighted by molar-refractivity contribution is -0.133. The molecule has 1 unspecified atom stereocenters. The zero-order valence-electron chi connectivity index (χ0n) is 13.8. The van der Waals surface area contributed by atoms with Gasteiger partial charge in [-0.05, 0) is 12.1 Å². The quantitative estimate of drug-likeness (QED) is 0.508. The number of methoxy groups -OCH3 is 2. The van der Waals surface area contributed by atoms with Crippen LogP contribution in [0.4, 0.5) is 0 Å². The third kappa shape index (κ3) is 2.94. The minimum absolute atomic E-state index is 0.000308. The smallest absolute Gasteiger partial charge is 0.293 e. The molecule has 2 N–H and O–H groups in total. The van der Waals surface area contributed by atoms with Gasteiger partial charge < -0.3 is 19.9 Å². The molecule has 6 heteroatoms. The second-order valence-electron chi connectivity index (χ2n) is 5.47. The Morgan fingerprint density at radius 3 is 2.40 bits per heavy atom.